The second kappa shape index (κ2) is 6.17. The first-order valence-corrected chi connectivity index (χ1v) is 7.50. The summed E-state index contributed by atoms with van der Waals surface area (Å²) in [6, 6.07) is 0.533. The molecule has 2 rings (SSSR count). The Morgan fingerprint density at radius 1 is 1.44 bits per heavy atom. The third-order valence-corrected chi connectivity index (χ3v) is 4.66. The van der Waals surface area contributed by atoms with E-state index in [-0.39, 0.29) is 0 Å². The maximum absolute atomic E-state index is 5.56. The molecule has 0 radical (unpaired) electrons. The van der Waals surface area contributed by atoms with Gasteiger partial charge in [-0.05, 0) is 36.2 Å². The molecule has 1 saturated heterocycles. The van der Waals surface area contributed by atoms with Crippen molar-refractivity contribution in [1.82, 2.24) is 14.7 Å². The van der Waals surface area contributed by atoms with Crippen LogP contribution in [0.1, 0.15) is 31.7 Å². The number of ether oxygens (including phenoxy) is 1. The van der Waals surface area contributed by atoms with Crippen molar-refractivity contribution >= 4 is 15.9 Å². The maximum Gasteiger partial charge on any atom is 0.0739 e. The minimum absolute atomic E-state index is 0.533. The van der Waals surface area contributed by atoms with Crippen LogP contribution in [0.4, 0.5) is 0 Å². The molecule has 0 spiro atoms. The molecule has 0 aromatic carbocycles. The number of halogens is 1. The molecule has 1 fully saturated rings. The zero-order chi connectivity index (χ0) is 13.1. The number of aryl methyl sites for hydroxylation is 2. The highest BCUT2D eigenvalue weighted by Gasteiger charge is 2.24. The third-order valence-electron chi connectivity index (χ3n) is 3.63. The molecule has 1 unspecified atom stereocenters. The summed E-state index contributed by atoms with van der Waals surface area (Å²) in [4.78, 5) is 2.51. The molecule has 1 aliphatic rings. The molecule has 4 nitrogen and oxygen atoms in total. The van der Waals surface area contributed by atoms with Crippen molar-refractivity contribution in [2.75, 3.05) is 19.8 Å². The highest BCUT2D eigenvalue weighted by molar-refractivity contribution is 9.10. The fourth-order valence-corrected chi connectivity index (χ4v) is 2.90. The Labute approximate surface area is 117 Å². The molecule has 0 amide bonds. The highest BCUT2D eigenvalue weighted by Crippen LogP contribution is 2.24. The van der Waals surface area contributed by atoms with Crippen molar-refractivity contribution in [3.63, 3.8) is 0 Å². The van der Waals surface area contributed by atoms with Gasteiger partial charge in [0.05, 0.1) is 29.1 Å². The van der Waals surface area contributed by atoms with Crippen LogP contribution in [0.15, 0.2) is 4.47 Å². The van der Waals surface area contributed by atoms with Gasteiger partial charge >= 0.3 is 0 Å². The van der Waals surface area contributed by atoms with E-state index in [1.165, 1.54) is 5.69 Å². The molecule has 2 heterocycles. The fourth-order valence-electron chi connectivity index (χ4n) is 2.49. The summed E-state index contributed by atoms with van der Waals surface area (Å²) in [7, 11) is 0. The van der Waals surface area contributed by atoms with Crippen molar-refractivity contribution in [2.45, 2.75) is 46.3 Å². The average molecular weight is 316 g/mol. The van der Waals surface area contributed by atoms with Crippen LogP contribution in [0.5, 0.6) is 0 Å². The minimum atomic E-state index is 0.533. The predicted molar refractivity (Wildman–Crippen MR) is 75.6 cm³/mol. The van der Waals surface area contributed by atoms with Gasteiger partial charge in [-0.2, -0.15) is 5.10 Å². The maximum atomic E-state index is 5.56. The van der Waals surface area contributed by atoms with Gasteiger partial charge in [0.2, 0.25) is 0 Å². The van der Waals surface area contributed by atoms with E-state index < -0.39 is 0 Å². The number of nitrogens with zero attached hydrogens (tertiary/aromatic N) is 3. The van der Waals surface area contributed by atoms with Crippen molar-refractivity contribution in [2.24, 2.45) is 0 Å². The number of morpholine rings is 1. The summed E-state index contributed by atoms with van der Waals surface area (Å²) < 4.78 is 8.81. The number of aromatic nitrogens is 2. The second-order valence-corrected chi connectivity index (χ2v) is 5.56. The van der Waals surface area contributed by atoms with Crippen LogP contribution in [0.25, 0.3) is 0 Å². The van der Waals surface area contributed by atoms with E-state index in [1.54, 1.807) is 0 Å². The zero-order valence-electron chi connectivity index (χ0n) is 11.4. The average Bonchev–Trinajstić information content (AvgIpc) is 2.67. The number of rotatable bonds is 4. The summed E-state index contributed by atoms with van der Waals surface area (Å²) in [6.45, 7) is 11.0. The van der Waals surface area contributed by atoms with Gasteiger partial charge in [-0.3, -0.25) is 9.58 Å². The molecule has 1 aromatic heterocycles. The Morgan fingerprint density at radius 3 is 2.89 bits per heavy atom. The van der Waals surface area contributed by atoms with Crippen molar-refractivity contribution in [3.05, 3.63) is 15.9 Å². The lowest BCUT2D eigenvalue weighted by Crippen LogP contribution is -2.44. The lowest BCUT2D eigenvalue weighted by molar-refractivity contribution is -0.0139. The monoisotopic (exact) mass is 315 g/mol. The van der Waals surface area contributed by atoms with Crippen LogP contribution in [0.3, 0.4) is 0 Å². The van der Waals surface area contributed by atoms with Crippen LogP contribution in [0.2, 0.25) is 0 Å². The smallest absolute Gasteiger partial charge is 0.0739 e. The summed E-state index contributed by atoms with van der Waals surface area (Å²) in [5, 5.41) is 4.56. The Balaban J connectivity index is 2.17. The number of hydrogen-bond acceptors (Lipinski definition) is 3. The second-order valence-electron chi connectivity index (χ2n) is 4.77. The summed E-state index contributed by atoms with van der Waals surface area (Å²) in [5.41, 5.74) is 2.36. The fraction of sp³-hybridized carbons (Fsp3) is 0.769. The molecular formula is C13H22BrN3O. The molecule has 0 aliphatic carbocycles. The Morgan fingerprint density at radius 2 is 2.22 bits per heavy atom. The van der Waals surface area contributed by atoms with Gasteiger partial charge in [-0.1, -0.05) is 6.92 Å². The first-order chi connectivity index (χ1) is 8.67. The van der Waals surface area contributed by atoms with Gasteiger partial charge in [0.25, 0.3) is 0 Å². The molecule has 0 bridgehead atoms. The lowest BCUT2D eigenvalue weighted by atomic mass is 10.1. The highest BCUT2D eigenvalue weighted by atomic mass is 79.9. The van der Waals surface area contributed by atoms with Crippen LogP contribution in [-0.2, 0) is 17.8 Å². The third kappa shape index (κ3) is 2.78. The van der Waals surface area contributed by atoms with Gasteiger partial charge in [-0.15, -0.1) is 0 Å². The van der Waals surface area contributed by atoms with E-state index in [2.05, 4.69) is 51.4 Å². The minimum Gasteiger partial charge on any atom is -0.378 e. The quantitative estimate of drug-likeness (QED) is 0.855. The normalized spacial score (nSPS) is 21.4. The molecule has 102 valence electrons. The molecule has 0 N–H and O–H groups in total. The van der Waals surface area contributed by atoms with Crippen LogP contribution in [-0.4, -0.2) is 40.5 Å². The first kappa shape index (κ1) is 14.0. The van der Waals surface area contributed by atoms with Crippen LogP contribution >= 0.6 is 15.9 Å². The van der Waals surface area contributed by atoms with Crippen LogP contribution in [0, 0.1) is 6.92 Å². The van der Waals surface area contributed by atoms with E-state index in [4.69, 9.17) is 4.74 Å². The molecular weight excluding hydrogens is 294 g/mol. The van der Waals surface area contributed by atoms with Crippen molar-refractivity contribution in [1.29, 1.82) is 0 Å². The van der Waals surface area contributed by atoms with Crippen molar-refractivity contribution in [3.8, 4) is 0 Å². The Hall–Kier alpha value is -0.390. The predicted octanol–water partition coefficient (Wildman–Crippen LogP) is 2.58. The van der Waals surface area contributed by atoms with Crippen LogP contribution < -0.4 is 0 Å². The Kier molecular flexibility index (Phi) is 4.81. The Bertz CT molecular complexity index is 405. The lowest BCUT2D eigenvalue weighted by Gasteiger charge is -2.35. The zero-order valence-corrected chi connectivity index (χ0v) is 13.0. The molecule has 5 heteroatoms. The SMILES string of the molecule is CCC1COCCN1Cc1c(Br)c(C)nn1CC. The molecule has 18 heavy (non-hydrogen) atoms. The van der Waals surface area contributed by atoms with Gasteiger partial charge in [0.1, 0.15) is 0 Å². The van der Waals surface area contributed by atoms with E-state index in [0.717, 1.165) is 49.4 Å². The largest absolute Gasteiger partial charge is 0.378 e. The summed E-state index contributed by atoms with van der Waals surface area (Å²) in [5.74, 6) is 0. The summed E-state index contributed by atoms with van der Waals surface area (Å²) in [6.07, 6.45) is 1.14. The molecule has 0 saturated carbocycles. The van der Waals surface area contributed by atoms with E-state index in [9.17, 15) is 0 Å². The number of hydrogen-bond donors (Lipinski definition) is 0. The van der Waals surface area contributed by atoms with E-state index in [1.807, 2.05) is 0 Å². The van der Waals surface area contributed by atoms with E-state index >= 15 is 0 Å². The van der Waals surface area contributed by atoms with Gasteiger partial charge in [0.15, 0.2) is 0 Å². The summed E-state index contributed by atoms with van der Waals surface area (Å²) >= 11 is 3.67. The topological polar surface area (TPSA) is 30.3 Å². The van der Waals surface area contributed by atoms with Gasteiger partial charge in [-0.25, -0.2) is 0 Å². The molecule has 1 aliphatic heterocycles. The first-order valence-electron chi connectivity index (χ1n) is 6.70. The van der Waals surface area contributed by atoms with Crippen molar-refractivity contribution < 1.29 is 4.74 Å². The van der Waals surface area contributed by atoms with E-state index in [0.29, 0.717) is 6.04 Å². The van der Waals surface area contributed by atoms with Gasteiger partial charge in [0, 0.05) is 25.7 Å². The molecule has 1 aromatic rings. The molecule has 1 atom stereocenters. The van der Waals surface area contributed by atoms with Gasteiger partial charge < -0.3 is 4.74 Å². The standard InChI is InChI=1S/C13H22BrN3O/c1-4-11-9-18-7-6-16(11)8-12-13(14)10(3)15-17(12)5-2/h11H,4-9H2,1-3H3.